The van der Waals surface area contributed by atoms with Gasteiger partial charge in [-0.1, -0.05) is 18.2 Å². The Bertz CT molecular complexity index is 1080. The Kier molecular flexibility index (Phi) is 3.70. The first-order valence-electron chi connectivity index (χ1n) is 7.56. The van der Waals surface area contributed by atoms with Crippen LogP contribution in [0.1, 0.15) is 16.1 Å². The number of aromatic nitrogens is 2. The van der Waals surface area contributed by atoms with Crippen LogP contribution in [-0.4, -0.2) is 21.7 Å². The van der Waals surface area contributed by atoms with Gasteiger partial charge in [-0.2, -0.15) is 0 Å². The fourth-order valence-corrected chi connectivity index (χ4v) is 3.40. The molecule has 0 unspecified atom stereocenters. The molecule has 0 saturated carbocycles. The number of ketones is 1. The van der Waals surface area contributed by atoms with Gasteiger partial charge in [0.25, 0.3) is 11.7 Å². The molecule has 2 N–H and O–H groups in total. The number of hydrogen-bond donors (Lipinski definition) is 2. The van der Waals surface area contributed by atoms with Crippen molar-refractivity contribution >= 4 is 39.1 Å². The summed E-state index contributed by atoms with van der Waals surface area (Å²) in [7, 11) is 0. The maximum Gasteiger partial charge on any atom is 0.298 e. The number of benzene rings is 1. The molecule has 0 radical (unpaired) electrons. The largest absolute Gasteiger partial charge is 0.463 e. The molecule has 25 heavy (non-hydrogen) atoms. The van der Waals surface area contributed by atoms with Gasteiger partial charge in [0, 0.05) is 22.0 Å². The lowest BCUT2D eigenvalue weighted by atomic mass is 10.1. The van der Waals surface area contributed by atoms with E-state index in [2.05, 4.69) is 15.3 Å². The normalized spacial score (nSPS) is 10.9. The first kappa shape index (κ1) is 15.3. The average Bonchev–Trinajstić information content (AvgIpc) is 3.32. The molecule has 0 fully saturated rings. The standard InChI is InChI=1S/C18H13N3O3S/c1-10-15(11-5-2-3-6-12(11)19-10)16(22)17(23)21-18-20-13(9-25-18)14-7-4-8-24-14/h2-9,19H,1H3,(H,20,21,23). The van der Waals surface area contributed by atoms with Crippen LogP contribution >= 0.6 is 11.3 Å². The number of Topliss-reactive ketones (excluding diaryl/α,β-unsaturated/α-hetero) is 1. The van der Waals surface area contributed by atoms with Crippen LogP contribution < -0.4 is 5.32 Å². The summed E-state index contributed by atoms with van der Waals surface area (Å²) in [6.45, 7) is 1.78. The van der Waals surface area contributed by atoms with Crippen LogP contribution in [0, 0.1) is 6.92 Å². The third-order valence-corrected chi connectivity index (χ3v) is 4.58. The molecular weight excluding hydrogens is 338 g/mol. The molecule has 0 spiro atoms. The summed E-state index contributed by atoms with van der Waals surface area (Å²) in [5, 5.41) is 5.41. The zero-order valence-electron chi connectivity index (χ0n) is 13.2. The first-order chi connectivity index (χ1) is 12.1. The van der Waals surface area contributed by atoms with Crippen molar-refractivity contribution < 1.29 is 14.0 Å². The minimum absolute atomic E-state index is 0.349. The molecule has 3 heterocycles. The Morgan fingerprint density at radius 3 is 2.84 bits per heavy atom. The lowest BCUT2D eigenvalue weighted by Crippen LogP contribution is -2.23. The summed E-state index contributed by atoms with van der Waals surface area (Å²) in [6, 6.07) is 10.9. The smallest absolute Gasteiger partial charge is 0.298 e. The number of fused-ring (bicyclic) bond motifs is 1. The first-order valence-corrected chi connectivity index (χ1v) is 8.44. The Morgan fingerprint density at radius 2 is 2.04 bits per heavy atom. The van der Waals surface area contributed by atoms with E-state index in [1.165, 1.54) is 11.3 Å². The number of nitrogens with zero attached hydrogens (tertiary/aromatic N) is 1. The van der Waals surface area contributed by atoms with Gasteiger partial charge in [0.05, 0.1) is 11.8 Å². The predicted octanol–water partition coefficient (Wildman–Crippen LogP) is 4.01. The number of aromatic amines is 1. The van der Waals surface area contributed by atoms with Gasteiger partial charge >= 0.3 is 0 Å². The van der Waals surface area contributed by atoms with Crippen molar-refractivity contribution in [2.75, 3.05) is 5.32 Å². The number of nitrogens with one attached hydrogen (secondary N) is 2. The molecule has 4 aromatic rings. The molecule has 124 valence electrons. The second kappa shape index (κ2) is 6.03. The summed E-state index contributed by atoms with van der Waals surface area (Å²) in [5.41, 5.74) is 2.49. The van der Waals surface area contributed by atoms with Gasteiger partial charge in [0.1, 0.15) is 5.69 Å². The van der Waals surface area contributed by atoms with Crippen molar-refractivity contribution in [3.05, 3.63) is 59.3 Å². The molecule has 7 heteroatoms. The van der Waals surface area contributed by atoms with E-state index < -0.39 is 11.7 Å². The second-order valence-electron chi connectivity index (χ2n) is 5.47. The summed E-state index contributed by atoms with van der Waals surface area (Å²) in [6.07, 6.45) is 1.55. The molecule has 0 aliphatic heterocycles. The zero-order valence-corrected chi connectivity index (χ0v) is 14.0. The number of para-hydroxylation sites is 1. The monoisotopic (exact) mass is 351 g/mol. The van der Waals surface area contributed by atoms with E-state index in [-0.39, 0.29) is 0 Å². The Morgan fingerprint density at radius 1 is 1.20 bits per heavy atom. The van der Waals surface area contributed by atoms with Crippen molar-refractivity contribution in [3.63, 3.8) is 0 Å². The number of carbonyl (C=O) groups excluding carboxylic acids is 2. The van der Waals surface area contributed by atoms with Crippen molar-refractivity contribution in [3.8, 4) is 11.5 Å². The number of furan rings is 1. The third-order valence-electron chi connectivity index (χ3n) is 3.83. The van der Waals surface area contributed by atoms with Gasteiger partial charge in [-0.05, 0) is 25.1 Å². The molecular formula is C18H13N3O3S. The highest BCUT2D eigenvalue weighted by Gasteiger charge is 2.23. The maximum absolute atomic E-state index is 12.6. The van der Waals surface area contributed by atoms with E-state index in [9.17, 15) is 9.59 Å². The minimum Gasteiger partial charge on any atom is -0.463 e. The van der Waals surface area contributed by atoms with E-state index in [1.54, 1.807) is 30.7 Å². The molecule has 1 amide bonds. The highest BCUT2D eigenvalue weighted by molar-refractivity contribution is 7.14. The fourth-order valence-electron chi connectivity index (χ4n) is 2.71. The Labute approximate surface area is 146 Å². The predicted molar refractivity (Wildman–Crippen MR) is 95.8 cm³/mol. The number of aryl methyl sites for hydroxylation is 1. The fraction of sp³-hybridized carbons (Fsp3) is 0.0556. The summed E-state index contributed by atoms with van der Waals surface area (Å²) < 4.78 is 5.27. The van der Waals surface area contributed by atoms with Crippen LogP contribution in [0.3, 0.4) is 0 Å². The average molecular weight is 351 g/mol. The number of carbonyl (C=O) groups is 2. The van der Waals surface area contributed by atoms with E-state index in [0.717, 1.165) is 10.9 Å². The van der Waals surface area contributed by atoms with Crippen LogP contribution in [0.25, 0.3) is 22.4 Å². The number of hydrogen-bond acceptors (Lipinski definition) is 5. The highest BCUT2D eigenvalue weighted by Crippen LogP contribution is 2.26. The van der Waals surface area contributed by atoms with Gasteiger partial charge in [0.15, 0.2) is 10.9 Å². The van der Waals surface area contributed by atoms with E-state index >= 15 is 0 Å². The molecule has 3 aromatic heterocycles. The second-order valence-corrected chi connectivity index (χ2v) is 6.33. The highest BCUT2D eigenvalue weighted by atomic mass is 32.1. The van der Waals surface area contributed by atoms with Gasteiger partial charge in [-0.15, -0.1) is 11.3 Å². The maximum atomic E-state index is 12.6. The molecule has 0 bridgehead atoms. The lowest BCUT2D eigenvalue weighted by molar-refractivity contribution is -0.112. The number of thiazole rings is 1. The number of rotatable bonds is 4. The Hall–Kier alpha value is -3.19. The van der Waals surface area contributed by atoms with E-state index in [4.69, 9.17) is 4.42 Å². The van der Waals surface area contributed by atoms with Crippen LogP contribution in [0.15, 0.2) is 52.5 Å². The molecule has 0 aliphatic carbocycles. The quantitative estimate of drug-likeness (QED) is 0.429. The van der Waals surface area contributed by atoms with Crippen molar-refractivity contribution in [1.29, 1.82) is 0 Å². The summed E-state index contributed by atoms with van der Waals surface area (Å²) in [4.78, 5) is 32.4. The van der Waals surface area contributed by atoms with Crippen molar-refractivity contribution in [2.45, 2.75) is 6.92 Å². The van der Waals surface area contributed by atoms with E-state index in [1.807, 2.05) is 24.3 Å². The molecule has 0 atom stereocenters. The number of H-pyrrole nitrogens is 1. The number of anilines is 1. The van der Waals surface area contributed by atoms with Crippen LogP contribution in [0.4, 0.5) is 5.13 Å². The zero-order chi connectivity index (χ0) is 17.4. The minimum atomic E-state index is -0.715. The van der Waals surface area contributed by atoms with Gasteiger partial charge < -0.3 is 9.40 Å². The van der Waals surface area contributed by atoms with Crippen LogP contribution in [0.5, 0.6) is 0 Å². The molecule has 0 saturated heterocycles. The van der Waals surface area contributed by atoms with Gasteiger partial charge in [-0.3, -0.25) is 14.9 Å². The van der Waals surface area contributed by atoms with Crippen molar-refractivity contribution in [2.24, 2.45) is 0 Å². The van der Waals surface area contributed by atoms with Gasteiger partial charge in [0.2, 0.25) is 0 Å². The molecule has 4 rings (SSSR count). The molecule has 1 aromatic carbocycles. The van der Waals surface area contributed by atoms with Crippen molar-refractivity contribution in [1.82, 2.24) is 9.97 Å². The number of amides is 1. The SMILES string of the molecule is Cc1[nH]c2ccccc2c1C(=O)C(=O)Nc1nc(-c2ccco2)cs1. The lowest BCUT2D eigenvalue weighted by Gasteiger charge is -2.01. The van der Waals surface area contributed by atoms with Crippen LogP contribution in [-0.2, 0) is 4.79 Å². The molecule has 6 nitrogen and oxygen atoms in total. The summed E-state index contributed by atoms with van der Waals surface area (Å²) >= 11 is 1.24. The Balaban J connectivity index is 1.58. The topological polar surface area (TPSA) is 88.0 Å². The van der Waals surface area contributed by atoms with Crippen LogP contribution in [0.2, 0.25) is 0 Å². The third kappa shape index (κ3) is 2.74. The van der Waals surface area contributed by atoms with E-state index in [0.29, 0.717) is 27.8 Å². The van der Waals surface area contributed by atoms with Gasteiger partial charge in [-0.25, -0.2) is 4.98 Å². The molecule has 0 aliphatic rings. The summed E-state index contributed by atoms with van der Waals surface area (Å²) in [5.74, 6) is -0.701.